The molecule has 2 aromatic heterocycles. The molecular formula is C17H19N5O. The maximum Gasteiger partial charge on any atom is 0.256 e. The van der Waals surface area contributed by atoms with Crippen molar-refractivity contribution in [2.24, 2.45) is 0 Å². The topological polar surface area (TPSA) is 66.8 Å². The van der Waals surface area contributed by atoms with E-state index in [1.165, 1.54) is 0 Å². The van der Waals surface area contributed by atoms with E-state index in [-0.39, 0.29) is 5.91 Å². The van der Waals surface area contributed by atoms with E-state index in [1.807, 2.05) is 42.8 Å². The van der Waals surface area contributed by atoms with Crippen molar-refractivity contribution >= 4 is 5.91 Å². The third-order valence-corrected chi connectivity index (χ3v) is 3.65. The highest BCUT2D eigenvalue weighted by Gasteiger charge is 2.18. The van der Waals surface area contributed by atoms with Crippen LogP contribution >= 0.6 is 0 Å². The van der Waals surface area contributed by atoms with Crippen LogP contribution in [0.15, 0.2) is 43.1 Å². The van der Waals surface area contributed by atoms with Crippen LogP contribution in [0.5, 0.6) is 0 Å². The molecule has 23 heavy (non-hydrogen) atoms. The van der Waals surface area contributed by atoms with E-state index in [0.29, 0.717) is 12.1 Å². The summed E-state index contributed by atoms with van der Waals surface area (Å²) in [5, 5.41) is 0. The second-order valence-electron chi connectivity index (χ2n) is 5.66. The summed E-state index contributed by atoms with van der Waals surface area (Å²) in [5.41, 5.74) is 3.49. The number of carbonyl (C=O) groups is 1. The molecule has 118 valence electrons. The van der Waals surface area contributed by atoms with E-state index in [9.17, 15) is 4.79 Å². The summed E-state index contributed by atoms with van der Waals surface area (Å²) in [6.45, 7) is 4.35. The quantitative estimate of drug-likeness (QED) is 0.805. The lowest BCUT2D eigenvalue weighted by Gasteiger charge is -2.18. The Balaban J connectivity index is 1.90. The van der Waals surface area contributed by atoms with Crippen LogP contribution in [0, 0.1) is 13.8 Å². The molecule has 0 spiro atoms. The summed E-state index contributed by atoms with van der Waals surface area (Å²) in [7, 11) is 1.78. The van der Waals surface area contributed by atoms with Crippen molar-refractivity contribution < 1.29 is 4.79 Å². The van der Waals surface area contributed by atoms with Gasteiger partial charge in [-0.15, -0.1) is 0 Å². The van der Waals surface area contributed by atoms with Gasteiger partial charge in [0.1, 0.15) is 5.82 Å². The fourth-order valence-electron chi connectivity index (χ4n) is 2.50. The van der Waals surface area contributed by atoms with Crippen LogP contribution in [-0.4, -0.2) is 37.4 Å². The summed E-state index contributed by atoms with van der Waals surface area (Å²) >= 11 is 0. The van der Waals surface area contributed by atoms with Gasteiger partial charge in [0.2, 0.25) is 0 Å². The molecule has 3 rings (SSSR count). The molecular weight excluding hydrogens is 290 g/mol. The standard InChI is InChI=1S/C17H19N5O/c1-12-4-5-15(22-7-6-18-11-22)14(8-12)17(23)21(3)10-16-19-9-13(2)20-16/h4-9,11H,10H2,1-3H3,(H,19,20). The van der Waals surface area contributed by atoms with Gasteiger partial charge in [-0.05, 0) is 26.0 Å². The zero-order valence-electron chi connectivity index (χ0n) is 13.4. The van der Waals surface area contributed by atoms with Crippen molar-refractivity contribution in [3.8, 4) is 5.69 Å². The van der Waals surface area contributed by atoms with Gasteiger partial charge in [0.05, 0.1) is 24.1 Å². The minimum atomic E-state index is -0.0496. The summed E-state index contributed by atoms with van der Waals surface area (Å²) in [4.78, 5) is 26.0. The third-order valence-electron chi connectivity index (χ3n) is 3.65. The molecule has 0 atom stereocenters. The average molecular weight is 309 g/mol. The Morgan fingerprint density at radius 1 is 1.35 bits per heavy atom. The summed E-state index contributed by atoms with van der Waals surface area (Å²) in [6.07, 6.45) is 6.98. The van der Waals surface area contributed by atoms with E-state index in [4.69, 9.17) is 0 Å². The number of imidazole rings is 2. The number of H-pyrrole nitrogens is 1. The van der Waals surface area contributed by atoms with Gasteiger partial charge in [-0.25, -0.2) is 9.97 Å². The maximum atomic E-state index is 12.9. The summed E-state index contributed by atoms with van der Waals surface area (Å²) in [6, 6.07) is 5.83. The normalized spacial score (nSPS) is 10.7. The highest BCUT2D eigenvalue weighted by atomic mass is 16.2. The molecule has 0 radical (unpaired) electrons. The molecule has 0 fully saturated rings. The maximum absolute atomic E-state index is 12.9. The Morgan fingerprint density at radius 3 is 2.83 bits per heavy atom. The van der Waals surface area contributed by atoms with Crippen molar-refractivity contribution in [1.82, 2.24) is 24.4 Å². The van der Waals surface area contributed by atoms with Gasteiger partial charge in [-0.2, -0.15) is 0 Å². The first-order valence-corrected chi connectivity index (χ1v) is 7.39. The number of aromatic amines is 1. The van der Waals surface area contributed by atoms with Crippen molar-refractivity contribution in [2.45, 2.75) is 20.4 Å². The van der Waals surface area contributed by atoms with Gasteiger partial charge in [0.25, 0.3) is 5.91 Å². The Bertz CT molecular complexity index is 819. The lowest BCUT2D eigenvalue weighted by Crippen LogP contribution is -2.27. The first kappa shape index (κ1) is 15.0. The second-order valence-corrected chi connectivity index (χ2v) is 5.66. The molecule has 1 amide bonds. The molecule has 0 aliphatic rings. The Morgan fingerprint density at radius 2 is 2.17 bits per heavy atom. The molecule has 1 N–H and O–H groups in total. The molecule has 6 nitrogen and oxygen atoms in total. The number of hydrogen-bond donors (Lipinski definition) is 1. The predicted octanol–water partition coefficient (Wildman–Crippen LogP) is 2.48. The van der Waals surface area contributed by atoms with E-state index in [1.54, 1.807) is 30.7 Å². The highest BCUT2D eigenvalue weighted by Crippen LogP contribution is 2.18. The van der Waals surface area contributed by atoms with Crippen LogP contribution < -0.4 is 0 Å². The second kappa shape index (κ2) is 6.08. The van der Waals surface area contributed by atoms with Crippen molar-refractivity contribution in [3.63, 3.8) is 0 Å². The number of hydrogen-bond acceptors (Lipinski definition) is 3. The first-order valence-electron chi connectivity index (χ1n) is 7.39. The number of rotatable bonds is 4. The number of benzene rings is 1. The number of amides is 1. The lowest BCUT2D eigenvalue weighted by atomic mass is 10.1. The van der Waals surface area contributed by atoms with Crippen LogP contribution in [0.4, 0.5) is 0 Å². The Labute approximate surface area is 134 Å². The average Bonchev–Trinajstić information content (AvgIpc) is 3.18. The number of carbonyl (C=O) groups excluding carboxylic acids is 1. The fourth-order valence-corrected chi connectivity index (χ4v) is 2.50. The smallest absolute Gasteiger partial charge is 0.256 e. The first-order chi connectivity index (χ1) is 11.0. The van der Waals surface area contributed by atoms with Crippen LogP contribution in [0.2, 0.25) is 0 Å². The Kier molecular flexibility index (Phi) is 3.97. The molecule has 0 unspecified atom stereocenters. The molecule has 0 aliphatic heterocycles. The number of nitrogens with one attached hydrogen (secondary N) is 1. The van der Waals surface area contributed by atoms with E-state index < -0.39 is 0 Å². The fraction of sp³-hybridized carbons (Fsp3) is 0.235. The van der Waals surface area contributed by atoms with Gasteiger partial charge in [-0.3, -0.25) is 4.79 Å². The predicted molar refractivity (Wildman–Crippen MR) is 87.4 cm³/mol. The molecule has 3 aromatic rings. The van der Waals surface area contributed by atoms with Gasteiger partial charge in [0, 0.05) is 31.3 Å². The van der Waals surface area contributed by atoms with Crippen molar-refractivity contribution in [1.29, 1.82) is 0 Å². The summed E-state index contributed by atoms with van der Waals surface area (Å²) < 4.78 is 1.84. The molecule has 6 heteroatoms. The van der Waals surface area contributed by atoms with Gasteiger partial charge >= 0.3 is 0 Å². The Hall–Kier alpha value is -2.89. The minimum absolute atomic E-state index is 0.0496. The lowest BCUT2D eigenvalue weighted by molar-refractivity contribution is 0.0781. The minimum Gasteiger partial charge on any atom is -0.345 e. The molecule has 0 saturated heterocycles. The van der Waals surface area contributed by atoms with Gasteiger partial charge in [-0.1, -0.05) is 11.6 Å². The highest BCUT2D eigenvalue weighted by molar-refractivity contribution is 5.97. The monoisotopic (exact) mass is 309 g/mol. The van der Waals surface area contributed by atoms with E-state index in [2.05, 4.69) is 15.0 Å². The van der Waals surface area contributed by atoms with Crippen LogP contribution in [0.3, 0.4) is 0 Å². The number of nitrogens with zero attached hydrogens (tertiary/aromatic N) is 4. The zero-order chi connectivity index (χ0) is 16.4. The zero-order valence-corrected chi connectivity index (χ0v) is 13.4. The largest absolute Gasteiger partial charge is 0.345 e. The molecule has 0 saturated carbocycles. The SMILES string of the molecule is Cc1ccc(-n2ccnc2)c(C(=O)N(C)Cc2ncc(C)[nH]2)c1. The third kappa shape index (κ3) is 3.15. The summed E-state index contributed by atoms with van der Waals surface area (Å²) in [5.74, 6) is 0.724. The van der Waals surface area contributed by atoms with Crippen LogP contribution in [-0.2, 0) is 6.54 Å². The van der Waals surface area contributed by atoms with Crippen molar-refractivity contribution in [2.75, 3.05) is 7.05 Å². The molecule has 2 heterocycles. The molecule has 0 bridgehead atoms. The van der Waals surface area contributed by atoms with Gasteiger partial charge in [0.15, 0.2) is 0 Å². The number of aromatic nitrogens is 4. The van der Waals surface area contributed by atoms with Crippen molar-refractivity contribution in [3.05, 3.63) is 65.8 Å². The molecule has 0 aliphatic carbocycles. The molecule has 1 aromatic carbocycles. The van der Waals surface area contributed by atoms with Gasteiger partial charge < -0.3 is 14.5 Å². The van der Waals surface area contributed by atoms with E-state index in [0.717, 1.165) is 22.8 Å². The van der Waals surface area contributed by atoms with Crippen LogP contribution in [0.1, 0.15) is 27.4 Å². The van der Waals surface area contributed by atoms with Crippen LogP contribution in [0.25, 0.3) is 5.69 Å². The van der Waals surface area contributed by atoms with E-state index >= 15 is 0 Å². The number of aryl methyl sites for hydroxylation is 2.